The van der Waals surface area contributed by atoms with Crippen LogP contribution in [0.1, 0.15) is 0 Å². The lowest BCUT2D eigenvalue weighted by molar-refractivity contribution is 0.669. The van der Waals surface area contributed by atoms with Crippen LogP contribution in [0.4, 0.5) is 17.1 Å². The smallest absolute Gasteiger partial charge is 0.135 e. The SMILES string of the molecule is c1ccc(-c2cc(-c3ccccc3-n3c4ccccc4c4cc5ccccc5cc43)ccc2N(c2ccc3oc4ccccc4c3c2)c2cccc3c2sc2ccccc23)cc1. The number of thiophene rings is 1. The number of fused-ring (bicyclic) bond motifs is 10. The summed E-state index contributed by atoms with van der Waals surface area (Å²) >= 11 is 1.86. The minimum absolute atomic E-state index is 0.878. The summed E-state index contributed by atoms with van der Waals surface area (Å²) in [5, 5.41) is 9.71. The third-order valence-electron chi connectivity index (χ3n) is 12.6. The quantitative estimate of drug-likeness (QED) is 0.167. The molecule has 0 aliphatic rings. The van der Waals surface area contributed by atoms with Gasteiger partial charge in [-0.05, 0) is 94.7 Å². The summed E-state index contributed by atoms with van der Waals surface area (Å²) in [6.07, 6.45) is 0. The number of rotatable bonds is 6. The van der Waals surface area contributed by atoms with Crippen LogP contribution in [-0.4, -0.2) is 4.57 Å². The van der Waals surface area contributed by atoms with E-state index in [9.17, 15) is 0 Å². The number of furan rings is 1. The van der Waals surface area contributed by atoms with Gasteiger partial charge >= 0.3 is 0 Å². The third kappa shape index (κ3) is 5.37. The Labute approximate surface area is 361 Å². The highest BCUT2D eigenvalue weighted by molar-refractivity contribution is 7.26. The Morgan fingerprint density at radius 2 is 1.10 bits per heavy atom. The van der Waals surface area contributed by atoms with E-state index in [0.29, 0.717) is 0 Å². The first-order chi connectivity index (χ1) is 30.7. The zero-order valence-corrected chi connectivity index (χ0v) is 34.3. The van der Waals surface area contributed by atoms with Crippen LogP contribution in [0.15, 0.2) is 223 Å². The molecule has 0 saturated carbocycles. The molecule has 0 N–H and O–H groups in total. The second-order valence-electron chi connectivity index (χ2n) is 16.1. The lowest BCUT2D eigenvalue weighted by atomic mass is 9.95. The van der Waals surface area contributed by atoms with Crippen molar-refractivity contribution >= 4 is 103 Å². The van der Waals surface area contributed by atoms with Gasteiger partial charge in [-0.2, -0.15) is 0 Å². The topological polar surface area (TPSA) is 21.3 Å². The molecule has 4 heteroatoms. The fraction of sp³-hybridized carbons (Fsp3) is 0. The second kappa shape index (κ2) is 13.8. The highest BCUT2D eigenvalue weighted by Crippen LogP contribution is 2.49. The zero-order valence-electron chi connectivity index (χ0n) is 33.5. The van der Waals surface area contributed by atoms with Crippen molar-refractivity contribution in [1.29, 1.82) is 0 Å². The molecule has 0 amide bonds. The molecule has 0 radical (unpaired) electrons. The van der Waals surface area contributed by atoms with E-state index in [1.165, 1.54) is 52.8 Å². The largest absolute Gasteiger partial charge is 0.456 e. The molecular weight excluding hydrogens is 773 g/mol. The Morgan fingerprint density at radius 1 is 0.387 bits per heavy atom. The van der Waals surface area contributed by atoms with Gasteiger partial charge in [-0.3, -0.25) is 0 Å². The first-order valence-electron chi connectivity index (χ1n) is 21.1. The second-order valence-corrected chi connectivity index (χ2v) is 17.1. The summed E-state index contributed by atoms with van der Waals surface area (Å²) < 4.78 is 11.3. The Hall–Kier alpha value is -7.92. The van der Waals surface area contributed by atoms with Crippen LogP contribution >= 0.6 is 11.3 Å². The van der Waals surface area contributed by atoms with Crippen LogP contribution < -0.4 is 4.90 Å². The molecular formula is C58H36N2OS. The third-order valence-corrected chi connectivity index (χ3v) is 13.8. The highest BCUT2D eigenvalue weighted by atomic mass is 32.1. The monoisotopic (exact) mass is 808 g/mol. The number of para-hydroxylation sites is 3. The lowest BCUT2D eigenvalue weighted by Gasteiger charge is -2.29. The van der Waals surface area contributed by atoms with Crippen molar-refractivity contribution in [3.8, 4) is 27.9 Å². The fourth-order valence-corrected chi connectivity index (χ4v) is 11.0. The van der Waals surface area contributed by atoms with Gasteiger partial charge in [-0.1, -0.05) is 146 Å². The minimum atomic E-state index is 0.878. The summed E-state index contributed by atoms with van der Waals surface area (Å²) in [7, 11) is 0. The van der Waals surface area contributed by atoms with Crippen LogP contribution in [0.3, 0.4) is 0 Å². The molecule has 0 aliphatic heterocycles. The predicted molar refractivity (Wildman–Crippen MR) is 264 cm³/mol. The summed E-state index contributed by atoms with van der Waals surface area (Å²) in [4.78, 5) is 2.47. The molecule has 0 unspecified atom stereocenters. The van der Waals surface area contributed by atoms with Crippen LogP contribution in [0.2, 0.25) is 0 Å². The van der Waals surface area contributed by atoms with E-state index in [-0.39, 0.29) is 0 Å². The van der Waals surface area contributed by atoms with Crippen molar-refractivity contribution in [2.45, 2.75) is 0 Å². The van der Waals surface area contributed by atoms with Gasteiger partial charge in [0.15, 0.2) is 0 Å². The molecule has 62 heavy (non-hydrogen) atoms. The Bertz CT molecular complexity index is 3890. The molecule has 0 saturated heterocycles. The van der Waals surface area contributed by atoms with E-state index in [2.05, 4.69) is 222 Å². The standard InChI is InChI=1S/C58H36N2OS/c1-2-15-37(16-3-1)47-34-40(42-19-6-10-24-50(42)60-51-25-11-7-20-43(51)48-33-38-17-4-5-18-39(38)35-54(48)60)29-31-52(47)59(41-30-32-56-49(36-41)44-21-8-12-27-55(44)61-56)53-26-14-23-46-45-22-9-13-28-57(45)62-58(46)53/h1-36H. The van der Waals surface area contributed by atoms with Crippen molar-refractivity contribution < 1.29 is 4.42 Å². The lowest BCUT2D eigenvalue weighted by Crippen LogP contribution is -2.11. The van der Waals surface area contributed by atoms with E-state index in [1.807, 2.05) is 17.4 Å². The van der Waals surface area contributed by atoms with E-state index >= 15 is 0 Å². The molecule has 0 aliphatic carbocycles. The van der Waals surface area contributed by atoms with Crippen molar-refractivity contribution in [3.05, 3.63) is 218 Å². The van der Waals surface area contributed by atoms with Crippen molar-refractivity contribution in [3.63, 3.8) is 0 Å². The number of anilines is 3. The zero-order chi connectivity index (χ0) is 40.7. The van der Waals surface area contributed by atoms with E-state index in [0.717, 1.165) is 66.9 Å². The van der Waals surface area contributed by atoms with Gasteiger partial charge in [0.2, 0.25) is 0 Å². The van der Waals surface area contributed by atoms with Gasteiger partial charge in [0.05, 0.1) is 32.8 Å². The number of benzene rings is 10. The molecule has 0 spiro atoms. The average Bonchev–Trinajstić information content (AvgIpc) is 4.01. The van der Waals surface area contributed by atoms with E-state index in [1.54, 1.807) is 0 Å². The summed E-state index contributed by atoms with van der Waals surface area (Å²) in [6, 6.07) is 79.4. The molecule has 0 atom stereocenters. The molecule has 10 aromatic carbocycles. The Kier molecular flexibility index (Phi) is 7.78. The summed E-state index contributed by atoms with van der Waals surface area (Å²) in [5.74, 6) is 0. The number of nitrogens with zero attached hydrogens (tertiary/aromatic N) is 2. The first-order valence-corrected chi connectivity index (χ1v) is 21.9. The molecule has 3 heterocycles. The van der Waals surface area contributed by atoms with Gasteiger partial charge in [-0.15, -0.1) is 11.3 Å². The van der Waals surface area contributed by atoms with Crippen molar-refractivity contribution in [2.75, 3.05) is 4.90 Å². The molecule has 0 fully saturated rings. The number of hydrogen-bond acceptors (Lipinski definition) is 3. The van der Waals surface area contributed by atoms with Crippen LogP contribution in [0, 0.1) is 0 Å². The average molecular weight is 809 g/mol. The molecule has 13 rings (SSSR count). The van der Waals surface area contributed by atoms with Gasteiger partial charge in [0, 0.05) is 53.8 Å². The van der Waals surface area contributed by atoms with Crippen LogP contribution in [-0.2, 0) is 0 Å². The minimum Gasteiger partial charge on any atom is -0.456 e. The normalized spacial score (nSPS) is 11.9. The fourth-order valence-electron chi connectivity index (χ4n) is 9.74. The molecule has 0 bridgehead atoms. The molecule has 290 valence electrons. The van der Waals surface area contributed by atoms with Gasteiger partial charge < -0.3 is 13.9 Å². The Balaban J connectivity index is 1.07. The Morgan fingerprint density at radius 3 is 2.00 bits per heavy atom. The summed E-state index contributed by atoms with van der Waals surface area (Å²) in [6.45, 7) is 0. The number of hydrogen-bond donors (Lipinski definition) is 0. The maximum Gasteiger partial charge on any atom is 0.135 e. The predicted octanol–water partition coefficient (Wildman–Crippen LogP) is 17.0. The maximum absolute atomic E-state index is 6.36. The van der Waals surface area contributed by atoms with E-state index < -0.39 is 0 Å². The van der Waals surface area contributed by atoms with Gasteiger partial charge in [0.25, 0.3) is 0 Å². The van der Waals surface area contributed by atoms with Gasteiger partial charge in [0.1, 0.15) is 11.2 Å². The molecule has 3 aromatic heterocycles. The number of aromatic nitrogens is 1. The maximum atomic E-state index is 6.36. The van der Waals surface area contributed by atoms with Gasteiger partial charge in [-0.25, -0.2) is 0 Å². The first kappa shape index (κ1) is 34.9. The van der Waals surface area contributed by atoms with Crippen LogP contribution in [0.5, 0.6) is 0 Å². The van der Waals surface area contributed by atoms with E-state index in [4.69, 9.17) is 4.42 Å². The van der Waals surface area contributed by atoms with Crippen molar-refractivity contribution in [1.82, 2.24) is 4.57 Å². The van der Waals surface area contributed by atoms with Crippen LogP contribution in [0.25, 0.3) is 103 Å². The highest BCUT2D eigenvalue weighted by Gasteiger charge is 2.24. The van der Waals surface area contributed by atoms with Crippen molar-refractivity contribution in [2.24, 2.45) is 0 Å². The molecule has 3 nitrogen and oxygen atoms in total. The summed E-state index contributed by atoms with van der Waals surface area (Å²) in [5.41, 5.74) is 13.2. The molecule has 13 aromatic rings.